The lowest BCUT2D eigenvalue weighted by molar-refractivity contribution is 0.660. The minimum atomic E-state index is -0.0501. The first-order valence-corrected chi connectivity index (χ1v) is 27.5. The van der Waals surface area contributed by atoms with Gasteiger partial charge in [-0.3, -0.25) is 0 Å². The van der Waals surface area contributed by atoms with Gasteiger partial charge in [-0.2, -0.15) is 0 Å². The van der Waals surface area contributed by atoms with Gasteiger partial charge in [0.25, 0.3) is 0 Å². The maximum atomic E-state index is 3.62. The molecule has 0 saturated heterocycles. The molecule has 3 heteroatoms. The molecule has 78 heavy (non-hydrogen) atoms. The molecule has 0 fully saturated rings. The largest absolute Gasteiger partial charge is 0.310 e. The highest BCUT2D eigenvalue weighted by molar-refractivity contribution is 9.10. The van der Waals surface area contributed by atoms with Gasteiger partial charge in [0, 0.05) is 49.4 Å². The Bertz CT molecular complexity index is 4140. The van der Waals surface area contributed by atoms with Crippen LogP contribution in [0.4, 0.5) is 34.1 Å². The normalized spacial score (nSPS) is 13.0. The Morgan fingerprint density at radius 3 is 1.04 bits per heavy atom. The number of para-hydroxylation sites is 1. The van der Waals surface area contributed by atoms with Gasteiger partial charge in [0.15, 0.2) is 0 Å². The average Bonchev–Trinajstić information content (AvgIpc) is 3.98. The topological polar surface area (TPSA) is 6.48 Å². The van der Waals surface area contributed by atoms with Crippen molar-refractivity contribution in [3.05, 3.63) is 300 Å². The van der Waals surface area contributed by atoms with Gasteiger partial charge in [-0.25, -0.2) is 0 Å². The molecule has 12 aromatic rings. The SMILES string of the molecule is C.CC1(C)c2ccccc2-c2ccc(N(c3ccc(Br)cc3)c3ccc(-c4cccc5ccccc45)cc3)cc21.CC1(C)c2ccccc2-c2ccc(N(c3ccccc3)c3ccc(-c4cccc5ccccc45)cc3)cc21. The van der Waals surface area contributed by atoms with Gasteiger partial charge in [-0.05, 0) is 173 Å². The van der Waals surface area contributed by atoms with Crippen LogP contribution in [0, 0.1) is 0 Å². The molecule has 14 rings (SSSR count). The van der Waals surface area contributed by atoms with Crippen LogP contribution in [0.15, 0.2) is 277 Å². The van der Waals surface area contributed by atoms with Crippen molar-refractivity contribution in [2.75, 3.05) is 9.80 Å². The van der Waals surface area contributed by atoms with Crippen LogP contribution in [-0.2, 0) is 10.8 Å². The molecule has 0 spiro atoms. The van der Waals surface area contributed by atoms with E-state index in [1.54, 1.807) is 0 Å². The smallest absolute Gasteiger partial charge is 0.0465 e. The Morgan fingerprint density at radius 2 is 0.590 bits per heavy atom. The molecule has 0 unspecified atom stereocenters. The number of hydrogen-bond donors (Lipinski definition) is 0. The first kappa shape index (κ1) is 50.1. The van der Waals surface area contributed by atoms with Crippen LogP contribution in [0.3, 0.4) is 0 Å². The number of benzene rings is 12. The number of anilines is 6. The molecular weight excluding hydrogens is 1010 g/mol. The summed E-state index contributed by atoms with van der Waals surface area (Å²) in [5, 5.41) is 5.08. The number of rotatable bonds is 8. The summed E-state index contributed by atoms with van der Waals surface area (Å²) in [4.78, 5) is 4.73. The number of fused-ring (bicyclic) bond motifs is 8. The Labute approximate surface area is 468 Å². The number of hydrogen-bond acceptors (Lipinski definition) is 2. The van der Waals surface area contributed by atoms with Crippen molar-refractivity contribution in [1.82, 2.24) is 0 Å². The predicted molar refractivity (Wildman–Crippen MR) is 338 cm³/mol. The molecular formula is C75H61BrN2. The minimum absolute atomic E-state index is 0. The van der Waals surface area contributed by atoms with E-state index in [0.717, 1.165) is 32.9 Å². The summed E-state index contributed by atoms with van der Waals surface area (Å²) < 4.78 is 1.07. The van der Waals surface area contributed by atoms with Crippen molar-refractivity contribution >= 4 is 71.6 Å². The summed E-state index contributed by atoms with van der Waals surface area (Å²) in [5.74, 6) is 0. The van der Waals surface area contributed by atoms with E-state index >= 15 is 0 Å². The molecule has 0 radical (unpaired) electrons. The summed E-state index contributed by atoms with van der Waals surface area (Å²) >= 11 is 3.62. The van der Waals surface area contributed by atoms with Crippen LogP contribution in [0.5, 0.6) is 0 Å². The molecule has 0 amide bonds. The van der Waals surface area contributed by atoms with Crippen LogP contribution in [-0.4, -0.2) is 0 Å². The number of nitrogens with zero attached hydrogens (tertiary/aromatic N) is 2. The second kappa shape index (κ2) is 20.3. The molecule has 12 aromatic carbocycles. The predicted octanol–water partition coefficient (Wildman–Crippen LogP) is 22.0. The van der Waals surface area contributed by atoms with Gasteiger partial charge in [0.05, 0.1) is 0 Å². The standard InChI is InChI=1S/C37H28BrN.C37H29N.CH4/c1-37(2)35-13-6-5-11-33(35)34-23-22-30(24-36(34)37)39(29-20-16-27(38)17-21-29)28-18-14-26(15-19-28)32-12-7-9-25-8-3-4-10-31(25)32;1-37(2)35-18-9-8-16-33(35)34-24-23-30(25-36(34)37)38(28-13-4-3-5-14-28)29-21-19-27(20-22-29)32-17-10-12-26-11-6-7-15-31(26)32;/h3-24H,1-2H3;3-25H,1-2H3;1H4. The van der Waals surface area contributed by atoms with Crippen LogP contribution in [0.25, 0.3) is 66.1 Å². The first-order chi connectivity index (χ1) is 37.6. The maximum absolute atomic E-state index is 3.62. The quantitative estimate of drug-likeness (QED) is 0.150. The lowest BCUT2D eigenvalue weighted by atomic mass is 9.82. The molecule has 0 heterocycles. The second-order valence-electron chi connectivity index (χ2n) is 21.4. The van der Waals surface area contributed by atoms with E-state index in [-0.39, 0.29) is 18.3 Å². The van der Waals surface area contributed by atoms with Crippen molar-refractivity contribution in [2.24, 2.45) is 0 Å². The van der Waals surface area contributed by atoms with Gasteiger partial charge in [0.1, 0.15) is 0 Å². The Kier molecular flexibility index (Phi) is 13.0. The van der Waals surface area contributed by atoms with Crippen LogP contribution >= 0.6 is 15.9 Å². The zero-order valence-corrected chi connectivity index (χ0v) is 45.3. The zero-order chi connectivity index (χ0) is 52.3. The molecule has 2 nitrogen and oxygen atoms in total. The molecule has 0 aliphatic heterocycles. The molecule has 0 saturated carbocycles. The maximum Gasteiger partial charge on any atom is 0.0465 e. The lowest BCUT2D eigenvalue weighted by Gasteiger charge is -2.28. The fourth-order valence-electron chi connectivity index (χ4n) is 12.3. The molecule has 0 bridgehead atoms. The van der Waals surface area contributed by atoms with Gasteiger partial charge >= 0.3 is 0 Å². The second-order valence-corrected chi connectivity index (χ2v) is 22.3. The van der Waals surface area contributed by atoms with Crippen LogP contribution < -0.4 is 9.80 Å². The Morgan fingerprint density at radius 1 is 0.269 bits per heavy atom. The molecule has 0 atom stereocenters. The van der Waals surface area contributed by atoms with E-state index in [0.29, 0.717) is 0 Å². The van der Waals surface area contributed by atoms with E-state index in [2.05, 4.69) is 326 Å². The number of halogens is 1. The van der Waals surface area contributed by atoms with Gasteiger partial charge in [-0.1, -0.05) is 239 Å². The van der Waals surface area contributed by atoms with E-state index in [4.69, 9.17) is 0 Å². The summed E-state index contributed by atoms with van der Waals surface area (Å²) in [6, 6.07) is 99.0. The van der Waals surface area contributed by atoms with Gasteiger partial charge < -0.3 is 9.80 Å². The average molecular weight is 1070 g/mol. The summed E-state index contributed by atoms with van der Waals surface area (Å²) in [6.45, 7) is 9.36. The monoisotopic (exact) mass is 1070 g/mol. The molecule has 378 valence electrons. The highest BCUT2D eigenvalue weighted by atomic mass is 79.9. The Balaban J connectivity index is 0.000000154. The van der Waals surface area contributed by atoms with E-state index in [1.165, 1.54) is 94.0 Å². The van der Waals surface area contributed by atoms with Crippen molar-refractivity contribution in [3.8, 4) is 44.5 Å². The fraction of sp³-hybridized carbons (Fsp3) is 0.0933. The van der Waals surface area contributed by atoms with E-state index < -0.39 is 0 Å². The van der Waals surface area contributed by atoms with Crippen LogP contribution in [0.1, 0.15) is 57.4 Å². The van der Waals surface area contributed by atoms with Gasteiger partial charge in [-0.15, -0.1) is 0 Å². The van der Waals surface area contributed by atoms with Crippen molar-refractivity contribution in [3.63, 3.8) is 0 Å². The van der Waals surface area contributed by atoms with Crippen molar-refractivity contribution in [1.29, 1.82) is 0 Å². The lowest BCUT2D eigenvalue weighted by Crippen LogP contribution is -2.16. The highest BCUT2D eigenvalue weighted by Gasteiger charge is 2.37. The third-order valence-electron chi connectivity index (χ3n) is 16.2. The Hall–Kier alpha value is -8.76. The fourth-order valence-corrected chi connectivity index (χ4v) is 12.5. The summed E-state index contributed by atoms with van der Waals surface area (Å²) in [6.07, 6.45) is 0. The van der Waals surface area contributed by atoms with Crippen molar-refractivity contribution < 1.29 is 0 Å². The third kappa shape index (κ3) is 8.79. The molecule has 2 aliphatic rings. The molecule has 0 N–H and O–H groups in total. The van der Waals surface area contributed by atoms with E-state index in [1.807, 2.05) is 0 Å². The molecule has 2 aliphatic carbocycles. The van der Waals surface area contributed by atoms with Crippen molar-refractivity contribution in [2.45, 2.75) is 46.0 Å². The first-order valence-electron chi connectivity index (χ1n) is 26.7. The third-order valence-corrected chi connectivity index (χ3v) is 16.7. The molecule has 0 aromatic heterocycles. The van der Waals surface area contributed by atoms with Gasteiger partial charge in [0.2, 0.25) is 0 Å². The zero-order valence-electron chi connectivity index (χ0n) is 43.8. The summed E-state index contributed by atoms with van der Waals surface area (Å²) in [7, 11) is 0. The van der Waals surface area contributed by atoms with E-state index in [9.17, 15) is 0 Å². The highest BCUT2D eigenvalue weighted by Crippen LogP contribution is 2.52. The van der Waals surface area contributed by atoms with Crippen LogP contribution in [0.2, 0.25) is 0 Å². The summed E-state index contributed by atoms with van der Waals surface area (Å²) in [5.41, 5.74) is 22.7. The minimum Gasteiger partial charge on any atom is -0.310 e.